The van der Waals surface area contributed by atoms with E-state index in [9.17, 15) is 5.11 Å². The molecule has 17 heavy (non-hydrogen) atoms. The van der Waals surface area contributed by atoms with Crippen molar-refractivity contribution in [3.63, 3.8) is 0 Å². The molecule has 6 nitrogen and oxygen atoms in total. The zero-order valence-corrected chi connectivity index (χ0v) is 9.64. The van der Waals surface area contributed by atoms with E-state index in [4.69, 9.17) is 16.3 Å². The molecule has 0 saturated carbocycles. The van der Waals surface area contributed by atoms with Gasteiger partial charge in [-0.2, -0.15) is 4.98 Å². The van der Waals surface area contributed by atoms with Crippen LogP contribution in [0.2, 0.25) is 5.28 Å². The standard InChI is InChI=1S/C10H9ClN4O2/c1-17-8-3-2-6(4-7(8)16)14-10-13-5-12-9(11)15-10/h2-5,16H,1H3,(H,12,13,14,15). The van der Waals surface area contributed by atoms with Gasteiger partial charge in [0.2, 0.25) is 11.2 Å². The normalized spacial score (nSPS) is 10.0. The van der Waals surface area contributed by atoms with Crippen molar-refractivity contribution in [2.75, 3.05) is 12.4 Å². The summed E-state index contributed by atoms with van der Waals surface area (Å²) >= 11 is 5.62. The molecule has 1 aromatic heterocycles. The SMILES string of the molecule is COc1ccc(Nc2ncnc(Cl)n2)cc1O. The van der Waals surface area contributed by atoms with E-state index in [1.807, 2.05) is 0 Å². The Bertz CT molecular complexity index is 535. The summed E-state index contributed by atoms with van der Waals surface area (Å²) in [6.07, 6.45) is 1.29. The van der Waals surface area contributed by atoms with Crippen LogP contribution in [0.25, 0.3) is 0 Å². The topological polar surface area (TPSA) is 80.2 Å². The smallest absolute Gasteiger partial charge is 0.231 e. The van der Waals surface area contributed by atoms with E-state index in [-0.39, 0.29) is 11.0 Å². The van der Waals surface area contributed by atoms with Gasteiger partial charge in [0.15, 0.2) is 11.5 Å². The molecule has 2 N–H and O–H groups in total. The summed E-state index contributed by atoms with van der Waals surface area (Å²) in [7, 11) is 1.48. The van der Waals surface area contributed by atoms with Crippen molar-refractivity contribution in [3.05, 3.63) is 29.8 Å². The lowest BCUT2D eigenvalue weighted by Gasteiger charge is -2.07. The number of hydrogen-bond acceptors (Lipinski definition) is 6. The van der Waals surface area contributed by atoms with Crippen molar-refractivity contribution in [2.45, 2.75) is 0 Å². The number of hydrogen-bond donors (Lipinski definition) is 2. The van der Waals surface area contributed by atoms with E-state index in [1.165, 1.54) is 19.5 Å². The highest BCUT2D eigenvalue weighted by atomic mass is 35.5. The highest BCUT2D eigenvalue weighted by Gasteiger charge is 2.04. The fourth-order valence-corrected chi connectivity index (χ4v) is 1.36. The molecule has 0 saturated heterocycles. The molecule has 0 aliphatic heterocycles. The fourth-order valence-electron chi connectivity index (χ4n) is 1.23. The third kappa shape index (κ3) is 2.73. The number of phenols is 1. The predicted molar refractivity (Wildman–Crippen MR) is 62.8 cm³/mol. The Hall–Kier alpha value is -2.08. The molecule has 0 amide bonds. The summed E-state index contributed by atoms with van der Waals surface area (Å²) in [5.74, 6) is 0.719. The molecule has 0 aliphatic rings. The maximum Gasteiger partial charge on any atom is 0.231 e. The van der Waals surface area contributed by atoms with Crippen molar-refractivity contribution in [2.24, 2.45) is 0 Å². The van der Waals surface area contributed by atoms with Gasteiger partial charge in [-0.1, -0.05) is 0 Å². The summed E-state index contributed by atoms with van der Waals surface area (Å²) in [5.41, 5.74) is 0.616. The lowest BCUT2D eigenvalue weighted by Crippen LogP contribution is -1.98. The van der Waals surface area contributed by atoms with Gasteiger partial charge in [0.05, 0.1) is 7.11 Å². The van der Waals surface area contributed by atoms with Gasteiger partial charge in [0.25, 0.3) is 0 Å². The number of nitrogens with one attached hydrogen (secondary N) is 1. The first kappa shape index (κ1) is 11.4. The predicted octanol–water partition coefficient (Wildman–Crippen LogP) is 1.98. The highest BCUT2D eigenvalue weighted by molar-refractivity contribution is 6.28. The first-order valence-electron chi connectivity index (χ1n) is 4.67. The fraction of sp³-hybridized carbons (Fsp3) is 0.100. The number of halogens is 1. The molecular weight excluding hydrogens is 244 g/mol. The van der Waals surface area contributed by atoms with Gasteiger partial charge in [0, 0.05) is 11.8 Å². The molecular formula is C10H9ClN4O2. The maximum atomic E-state index is 9.58. The molecule has 2 aromatic rings. The van der Waals surface area contributed by atoms with Crippen LogP contribution in [0.1, 0.15) is 0 Å². The number of phenolic OH excluding ortho intramolecular Hbond substituents is 1. The Balaban J connectivity index is 2.22. The number of anilines is 2. The van der Waals surface area contributed by atoms with Crippen LogP contribution in [-0.2, 0) is 0 Å². The molecule has 1 heterocycles. The van der Waals surface area contributed by atoms with E-state index >= 15 is 0 Å². The maximum absolute atomic E-state index is 9.58. The van der Waals surface area contributed by atoms with Gasteiger partial charge in [-0.05, 0) is 23.7 Å². The second-order valence-electron chi connectivity index (χ2n) is 3.09. The van der Waals surface area contributed by atoms with E-state index in [0.29, 0.717) is 17.4 Å². The summed E-state index contributed by atoms with van der Waals surface area (Å²) in [6.45, 7) is 0. The first-order valence-corrected chi connectivity index (χ1v) is 5.05. The van der Waals surface area contributed by atoms with Gasteiger partial charge < -0.3 is 15.2 Å². The molecule has 1 aromatic carbocycles. The zero-order chi connectivity index (χ0) is 12.3. The molecule has 0 fully saturated rings. The molecule has 0 spiro atoms. The van der Waals surface area contributed by atoms with Gasteiger partial charge in [0.1, 0.15) is 6.33 Å². The highest BCUT2D eigenvalue weighted by Crippen LogP contribution is 2.29. The Labute approximate surface area is 102 Å². The monoisotopic (exact) mass is 252 g/mol. The second-order valence-corrected chi connectivity index (χ2v) is 3.43. The van der Waals surface area contributed by atoms with Crippen LogP contribution in [0.5, 0.6) is 11.5 Å². The van der Waals surface area contributed by atoms with Crippen LogP contribution in [0.4, 0.5) is 11.6 Å². The average Bonchev–Trinajstić information content (AvgIpc) is 2.29. The van der Waals surface area contributed by atoms with Crippen LogP contribution in [-0.4, -0.2) is 27.2 Å². The molecule has 0 radical (unpaired) electrons. The molecule has 2 rings (SSSR count). The molecule has 7 heteroatoms. The van der Waals surface area contributed by atoms with E-state index < -0.39 is 0 Å². The van der Waals surface area contributed by atoms with E-state index in [2.05, 4.69) is 20.3 Å². The van der Waals surface area contributed by atoms with Gasteiger partial charge in [-0.25, -0.2) is 9.97 Å². The first-order chi connectivity index (χ1) is 8.19. The Kier molecular flexibility index (Phi) is 3.24. The quantitative estimate of drug-likeness (QED) is 0.870. The minimum absolute atomic E-state index is 0.0256. The second kappa shape index (κ2) is 4.84. The number of nitrogens with zero attached hydrogens (tertiary/aromatic N) is 3. The number of methoxy groups -OCH3 is 1. The van der Waals surface area contributed by atoms with Crippen LogP contribution < -0.4 is 10.1 Å². The van der Waals surface area contributed by atoms with Gasteiger partial charge in [-0.15, -0.1) is 0 Å². The number of rotatable bonds is 3. The molecule has 0 atom stereocenters. The summed E-state index contributed by atoms with van der Waals surface area (Å²) < 4.78 is 4.93. The van der Waals surface area contributed by atoms with Crippen LogP contribution in [0, 0.1) is 0 Å². The minimum atomic E-state index is 0.0256. The number of aromatic nitrogens is 3. The number of aromatic hydroxyl groups is 1. The Morgan fingerprint density at radius 3 is 2.82 bits per heavy atom. The molecule has 88 valence electrons. The van der Waals surface area contributed by atoms with Crippen molar-refractivity contribution in [3.8, 4) is 11.5 Å². The number of benzene rings is 1. The van der Waals surface area contributed by atoms with Crippen molar-refractivity contribution in [1.82, 2.24) is 15.0 Å². The summed E-state index contributed by atoms with van der Waals surface area (Å²) in [6, 6.07) is 4.84. The summed E-state index contributed by atoms with van der Waals surface area (Å²) in [4.78, 5) is 11.4. The average molecular weight is 253 g/mol. The van der Waals surface area contributed by atoms with Gasteiger partial charge >= 0.3 is 0 Å². The molecule has 0 bridgehead atoms. The molecule has 0 aliphatic carbocycles. The van der Waals surface area contributed by atoms with Crippen molar-refractivity contribution in [1.29, 1.82) is 0 Å². The lowest BCUT2D eigenvalue weighted by atomic mass is 10.3. The zero-order valence-electron chi connectivity index (χ0n) is 8.88. The Morgan fingerprint density at radius 1 is 1.35 bits per heavy atom. The van der Waals surface area contributed by atoms with Gasteiger partial charge in [-0.3, -0.25) is 0 Å². The number of ether oxygens (including phenoxy) is 1. The van der Waals surface area contributed by atoms with E-state index in [0.717, 1.165) is 0 Å². The van der Waals surface area contributed by atoms with Crippen LogP contribution >= 0.6 is 11.6 Å². The Morgan fingerprint density at radius 2 is 2.18 bits per heavy atom. The van der Waals surface area contributed by atoms with Crippen LogP contribution in [0.3, 0.4) is 0 Å². The van der Waals surface area contributed by atoms with Crippen LogP contribution in [0.15, 0.2) is 24.5 Å². The third-order valence-electron chi connectivity index (χ3n) is 1.98. The van der Waals surface area contributed by atoms with Crippen molar-refractivity contribution < 1.29 is 9.84 Å². The largest absolute Gasteiger partial charge is 0.504 e. The minimum Gasteiger partial charge on any atom is -0.504 e. The van der Waals surface area contributed by atoms with E-state index in [1.54, 1.807) is 12.1 Å². The summed E-state index contributed by atoms with van der Waals surface area (Å²) in [5, 5.41) is 12.6. The van der Waals surface area contributed by atoms with Crippen molar-refractivity contribution >= 4 is 23.2 Å². The third-order valence-corrected chi connectivity index (χ3v) is 2.16. The lowest BCUT2D eigenvalue weighted by molar-refractivity contribution is 0.373. The molecule has 0 unspecified atom stereocenters.